The van der Waals surface area contributed by atoms with E-state index in [2.05, 4.69) is 5.32 Å². The molecule has 4 aromatic rings. The zero-order chi connectivity index (χ0) is 22.0. The van der Waals surface area contributed by atoms with Gasteiger partial charge < -0.3 is 5.32 Å². The third-order valence-corrected chi connectivity index (χ3v) is 5.94. The van der Waals surface area contributed by atoms with Gasteiger partial charge in [-0.05, 0) is 36.8 Å². The highest BCUT2D eigenvalue weighted by atomic mass is 32.2. The van der Waals surface area contributed by atoms with Crippen LogP contribution in [0.3, 0.4) is 0 Å². The molecular formula is C24H21N3O3S. The molecule has 0 aliphatic rings. The van der Waals surface area contributed by atoms with Crippen molar-refractivity contribution in [2.24, 2.45) is 5.14 Å². The van der Waals surface area contributed by atoms with Gasteiger partial charge in [-0.25, -0.2) is 18.5 Å². The Hall–Kier alpha value is -3.55. The number of rotatable bonds is 5. The maximum atomic E-state index is 13.0. The number of nitrogens with zero attached hydrogens (tertiary/aromatic N) is 1. The Morgan fingerprint density at radius 1 is 0.968 bits per heavy atom. The van der Waals surface area contributed by atoms with Crippen molar-refractivity contribution in [2.45, 2.75) is 18.4 Å². The number of para-hydroxylation sites is 1. The molecule has 0 aliphatic carbocycles. The van der Waals surface area contributed by atoms with Crippen LogP contribution in [-0.4, -0.2) is 19.3 Å². The van der Waals surface area contributed by atoms with E-state index in [-0.39, 0.29) is 17.3 Å². The first-order valence-corrected chi connectivity index (χ1v) is 11.2. The smallest absolute Gasteiger partial charge is 0.252 e. The molecule has 3 aromatic carbocycles. The maximum absolute atomic E-state index is 13.0. The Kier molecular flexibility index (Phi) is 5.54. The second-order valence-corrected chi connectivity index (χ2v) is 8.87. The average Bonchev–Trinajstić information content (AvgIpc) is 2.77. The third kappa shape index (κ3) is 4.63. The van der Waals surface area contributed by atoms with Gasteiger partial charge in [0.05, 0.1) is 21.7 Å². The topological polar surface area (TPSA) is 102 Å². The van der Waals surface area contributed by atoms with E-state index in [9.17, 15) is 13.2 Å². The summed E-state index contributed by atoms with van der Waals surface area (Å²) in [6.07, 6.45) is 0. The predicted molar refractivity (Wildman–Crippen MR) is 121 cm³/mol. The molecule has 3 N–H and O–H groups in total. The van der Waals surface area contributed by atoms with E-state index in [1.807, 2.05) is 55.5 Å². The summed E-state index contributed by atoms with van der Waals surface area (Å²) in [5.41, 5.74) is 4.84. The number of nitrogens with one attached hydrogen (secondary N) is 1. The Bertz CT molecular complexity index is 1360. The molecule has 156 valence electrons. The minimum absolute atomic E-state index is 0.0328. The van der Waals surface area contributed by atoms with Crippen LogP contribution in [-0.2, 0) is 16.6 Å². The largest absolute Gasteiger partial charge is 0.348 e. The van der Waals surface area contributed by atoms with Crippen molar-refractivity contribution < 1.29 is 13.2 Å². The maximum Gasteiger partial charge on any atom is 0.252 e. The van der Waals surface area contributed by atoms with Crippen molar-refractivity contribution in [1.29, 1.82) is 0 Å². The lowest BCUT2D eigenvalue weighted by atomic mass is 10.0. The van der Waals surface area contributed by atoms with E-state index >= 15 is 0 Å². The number of hydrogen-bond donors (Lipinski definition) is 2. The number of pyridine rings is 1. The summed E-state index contributed by atoms with van der Waals surface area (Å²) in [4.78, 5) is 17.8. The molecule has 1 amide bonds. The molecule has 0 aliphatic heterocycles. The number of amides is 1. The van der Waals surface area contributed by atoms with Gasteiger partial charge in [-0.3, -0.25) is 4.79 Å². The molecule has 6 nitrogen and oxygen atoms in total. The van der Waals surface area contributed by atoms with Crippen LogP contribution in [0.2, 0.25) is 0 Å². The van der Waals surface area contributed by atoms with Gasteiger partial charge in [0.15, 0.2) is 0 Å². The summed E-state index contributed by atoms with van der Waals surface area (Å²) in [7, 11) is -3.75. The first kappa shape index (κ1) is 20.7. The second kappa shape index (κ2) is 8.29. The molecule has 4 rings (SSSR count). The molecule has 31 heavy (non-hydrogen) atoms. The lowest BCUT2D eigenvalue weighted by Gasteiger charge is -2.11. The molecule has 7 heteroatoms. The van der Waals surface area contributed by atoms with Crippen molar-refractivity contribution >= 4 is 26.8 Å². The summed E-state index contributed by atoms with van der Waals surface area (Å²) in [5.74, 6) is -0.234. The Balaban J connectivity index is 1.63. The monoisotopic (exact) mass is 431 g/mol. The standard InChI is InChI=1S/C24H21N3O3S/c1-16-6-10-18(11-7-16)23-14-21(20-4-2-3-5-22(20)27-23)24(28)26-15-17-8-12-19(13-9-17)31(25,29)30/h2-14H,15H2,1H3,(H,26,28)(H2,25,29,30). The van der Waals surface area contributed by atoms with Crippen molar-refractivity contribution in [2.75, 3.05) is 0 Å². The summed E-state index contributed by atoms with van der Waals surface area (Å²) in [6.45, 7) is 2.27. The van der Waals surface area contributed by atoms with Crippen molar-refractivity contribution in [3.05, 3.63) is 95.6 Å². The van der Waals surface area contributed by atoms with Crippen LogP contribution in [0.25, 0.3) is 22.2 Å². The van der Waals surface area contributed by atoms with Crippen LogP contribution >= 0.6 is 0 Å². The number of nitrogens with two attached hydrogens (primary N) is 1. The SMILES string of the molecule is Cc1ccc(-c2cc(C(=O)NCc3ccc(S(N)(=O)=O)cc3)c3ccccc3n2)cc1. The number of fused-ring (bicyclic) bond motifs is 1. The summed E-state index contributed by atoms with van der Waals surface area (Å²) < 4.78 is 22.8. The first-order chi connectivity index (χ1) is 14.8. The van der Waals surface area contributed by atoms with Crippen molar-refractivity contribution in [3.8, 4) is 11.3 Å². The van der Waals surface area contributed by atoms with E-state index in [0.717, 1.165) is 33.3 Å². The molecule has 0 spiro atoms. The lowest BCUT2D eigenvalue weighted by molar-refractivity contribution is 0.0952. The molecule has 0 saturated heterocycles. The molecule has 0 unspecified atom stereocenters. The van der Waals surface area contributed by atoms with Crippen LogP contribution in [0.4, 0.5) is 0 Å². The van der Waals surface area contributed by atoms with Crippen LogP contribution in [0, 0.1) is 6.92 Å². The minimum atomic E-state index is -3.75. The normalized spacial score (nSPS) is 11.4. The average molecular weight is 432 g/mol. The van der Waals surface area contributed by atoms with Gasteiger partial charge in [-0.2, -0.15) is 0 Å². The lowest BCUT2D eigenvalue weighted by Crippen LogP contribution is -2.23. The molecule has 0 atom stereocenters. The Labute approximate surface area is 180 Å². The minimum Gasteiger partial charge on any atom is -0.348 e. The predicted octanol–water partition coefficient (Wildman–Crippen LogP) is 3.79. The van der Waals surface area contributed by atoms with Crippen molar-refractivity contribution in [3.63, 3.8) is 0 Å². The summed E-state index contributed by atoms with van der Waals surface area (Å²) in [5, 5.41) is 8.80. The van der Waals surface area contributed by atoms with Gasteiger partial charge >= 0.3 is 0 Å². The van der Waals surface area contributed by atoms with E-state index in [4.69, 9.17) is 10.1 Å². The first-order valence-electron chi connectivity index (χ1n) is 9.68. The molecule has 0 radical (unpaired) electrons. The Morgan fingerprint density at radius 2 is 1.65 bits per heavy atom. The zero-order valence-electron chi connectivity index (χ0n) is 16.9. The van der Waals surface area contributed by atoms with Crippen LogP contribution in [0.5, 0.6) is 0 Å². The zero-order valence-corrected chi connectivity index (χ0v) is 17.7. The van der Waals surface area contributed by atoms with Gasteiger partial charge in [0, 0.05) is 17.5 Å². The van der Waals surface area contributed by atoms with Gasteiger partial charge in [0.2, 0.25) is 10.0 Å². The quantitative estimate of drug-likeness (QED) is 0.502. The van der Waals surface area contributed by atoms with Crippen molar-refractivity contribution in [1.82, 2.24) is 10.3 Å². The highest BCUT2D eigenvalue weighted by Gasteiger charge is 2.14. The van der Waals surface area contributed by atoms with Gasteiger partial charge in [-0.1, -0.05) is 60.2 Å². The summed E-state index contributed by atoms with van der Waals surface area (Å²) >= 11 is 0. The molecule has 0 bridgehead atoms. The van der Waals surface area contributed by atoms with E-state index < -0.39 is 10.0 Å². The number of hydrogen-bond acceptors (Lipinski definition) is 4. The summed E-state index contributed by atoms with van der Waals surface area (Å²) in [6, 6.07) is 23.4. The second-order valence-electron chi connectivity index (χ2n) is 7.31. The number of aryl methyl sites for hydroxylation is 1. The number of primary sulfonamides is 1. The number of carbonyl (C=O) groups excluding carboxylic acids is 1. The molecule has 1 aromatic heterocycles. The van der Waals surface area contributed by atoms with E-state index in [1.165, 1.54) is 12.1 Å². The van der Waals surface area contributed by atoms with Gasteiger partial charge in [-0.15, -0.1) is 0 Å². The fraction of sp³-hybridized carbons (Fsp3) is 0.0833. The molecule has 0 fully saturated rings. The third-order valence-electron chi connectivity index (χ3n) is 5.01. The highest BCUT2D eigenvalue weighted by molar-refractivity contribution is 7.89. The van der Waals surface area contributed by atoms with Gasteiger partial charge in [0.25, 0.3) is 5.91 Å². The van der Waals surface area contributed by atoms with E-state index in [0.29, 0.717) is 5.56 Å². The van der Waals surface area contributed by atoms with Crippen LogP contribution in [0.15, 0.2) is 83.8 Å². The van der Waals surface area contributed by atoms with Crippen LogP contribution < -0.4 is 10.5 Å². The highest BCUT2D eigenvalue weighted by Crippen LogP contribution is 2.25. The molecular weight excluding hydrogens is 410 g/mol. The molecule has 0 saturated carbocycles. The number of carbonyl (C=O) groups is 1. The fourth-order valence-corrected chi connectivity index (χ4v) is 3.83. The van der Waals surface area contributed by atoms with Gasteiger partial charge in [0.1, 0.15) is 0 Å². The number of benzene rings is 3. The number of sulfonamides is 1. The van der Waals surface area contributed by atoms with E-state index in [1.54, 1.807) is 18.2 Å². The molecule has 1 heterocycles. The Morgan fingerprint density at radius 3 is 2.32 bits per heavy atom. The fourth-order valence-electron chi connectivity index (χ4n) is 3.31. The van der Waals surface area contributed by atoms with Crippen LogP contribution in [0.1, 0.15) is 21.5 Å². The number of aromatic nitrogens is 1.